The average Bonchev–Trinajstić information content (AvgIpc) is 2.92. The van der Waals surface area contributed by atoms with E-state index in [0.29, 0.717) is 19.6 Å². The molecule has 1 aromatic carbocycles. The van der Waals surface area contributed by atoms with Crippen LogP contribution in [0, 0.1) is 5.92 Å². The third-order valence-corrected chi connectivity index (χ3v) is 2.90. The number of rotatable bonds is 5. The van der Waals surface area contributed by atoms with Crippen LogP contribution in [0.2, 0.25) is 0 Å². The highest BCUT2D eigenvalue weighted by molar-refractivity contribution is 5.13. The van der Waals surface area contributed by atoms with Crippen LogP contribution in [0.1, 0.15) is 12.0 Å². The lowest BCUT2D eigenvalue weighted by molar-refractivity contribution is 0.0313. The summed E-state index contributed by atoms with van der Waals surface area (Å²) in [4.78, 5) is 0. The fraction of sp³-hybridized carbons (Fsp3) is 0.500. The molecule has 15 heavy (non-hydrogen) atoms. The van der Waals surface area contributed by atoms with Crippen LogP contribution >= 0.6 is 0 Å². The molecule has 1 aliphatic carbocycles. The van der Waals surface area contributed by atoms with Crippen molar-refractivity contribution in [3.8, 4) is 0 Å². The van der Waals surface area contributed by atoms with Crippen molar-refractivity contribution in [2.75, 3.05) is 13.2 Å². The van der Waals surface area contributed by atoms with Crippen molar-refractivity contribution >= 4 is 0 Å². The van der Waals surface area contributed by atoms with E-state index in [2.05, 4.69) is 0 Å². The van der Waals surface area contributed by atoms with Gasteiger partial charge in [0.15, 0.2) is 0 Å². The van der Waals surface area contributed by atoms with E-state index in [4.69, 9.17) is 9.84 Å². The summed E-state index contributed by atoms with van der Waals surface area (Å²) in [5, 5.41) is 18.4. The third-order valence-electron chi connectivity index (χ3n) is 2.90. The van der Waals surface area contributed by atoms with Gasteiger partial charge in [-0.25, -0.2) is 0 Å². The fourth-order valence-corrected chi connectivity index (χ4v) is 1.67. The molecule has 2 N–H and O–H groups in total. The highest BCUT2D eigenvalue weighted by atomic mass is 16.5. The molecule has 0 bridgehead atoms. The number of aliphatic hydroxyl groups is 2. The Balaban J connectivity index is 1.69. The SMILES string of the molecule is OC[C@@]1(O)C[C@H]1COCc1ccccc1. The van der Waals surface area contributed by atoms with Crippen molar-refractivity contribution < 1.29 is 14.9 Å². The molecule has 0 radical (unpaired) electrons. The third kappa shape index (κ3) is 2.56. The summed E-state index contributed by atoms with van der Waals surface area (Å²) < 4.78 is 5.47. The minimum absolute atomic E-state index is 0.103. The number of ether oxygens (including phenoxy) is 1. The van der Waals surface area contributed by atoms with Crippen LogP contribution in [0.5, 0.6) is 0 Å². The first-order valence-electron chi connectivity index (χ1n) is 5.19. The molecule has 2 atom stereocenters. The van der Waals surface area contributed by atoms with Crippen LogP contribution in [0.3, 0.4) is 0 Å². The van der Waals surface area contributed by atoms with E-state index in [-0.39, 0.29) is 12.5 Å². The molecule has 0 amide bonds. The summed E-state index contributed by atoms with van der Waals surface area (Å²) in [5.74, 6) is 0.103. The molecule has 3 nitrogen and oxygen atoms in total. The summed E-state index contributed by atoms with van der Waals surface area (Å²) in [6.07, 6.45) is 0.651. The molecule has 0 saturated heterocycles. The lowest BCUT2D eigenvalue weighted by Crippen LogP contribution is -2.18. The molecule has 82 valence electrons. The zero-order valence-corrected chi connectivity index (χ0v) is 8.60. The van der Waals surface area contributed by atoms with Crippen molar-refractivity contribution in [1.29, 1.82) is 0 Å². The fourth-order valence-electron chi connectivity index (χ4n) is 1.67. The Hall–Kier alpha value is -0.900. The number of benzene rings is 1. The van der Waals surface area contributed by atoms with Gasteiger partial charge in [0.25, 0.3) is 0 Å². The van der Waals surface area contributed by atoms with E-state index < -0.39 is 5.60 Å². The second-order valence-electron chi connectivity index (χ2n) is 4.16. The Morgan fingerprint density at radius 2 is 2.07 bits per heavy atom. The Morgan fingerprint density at radius 1 is 1.33 bits per heavy atom. The van der Waals surface area contributed by atoms with Gasteiger partial charge in [0, 0.05) is 5.92 Å². The highest BCUT2D eigenvalue weighted by Gasteiger charge is 2.52. The normalized spacial score (nSPS) is 29.1. The quantitative estimate of drug-likeness (QED) is 0.757. The first-order chi connectivity index (χ1) is 7.24. The summed E-state index contributed by atoms with van der Waals surface area (Å²) >= 11 is 0. The lowest BCUT2D eigenvalue weighted by atomic mass is 10.2. The number of hydrogen-bond acceptors (Lipinski definition) is 3. The molecule has 1 saturated carbocycles. The van der Waals surface area contributed by atoms with E-state index in [0.717, 1.165) is 5.56 Å². The van der Waals surface area contributed by atoms with E-state index >= 15 is 0 Å². The van der Waals surface area contributed by atoms with Gasteiger partial charge < -0.3 is 14.9 Å². The topological polar surface area (TPSA) is 49.7 Å². The summed E-state index contributed by atoms with van der Waals surface area (Å²) in [5.41, 5.74) is 0.266. The highest BCUT2D eigenvalue weighted by Crippen LogP contribution is 2.42. The lowest BCUT2D eigenvalue weighted by Gasteiger charge is -2.07. The second kappa shape index (κ2) is 4.31. The van der Waals surface area contributed by atoms with Crippen LogP contribution in [0.15, 0.2) is 30.3 Å². The van der Waals surface area contributed by atoms with E-state index in [1.807, 2.05) is 30.3 Å². The van der Waals surface area contributed by atoms with E-state index in [1.165, 1.54) is 0 Å². The largest absolute Gasteiger partial charge is 0.393 e. The van der Waals surface area contributed by atoms with Gasteiger partial charge in [0.1, 0.15) is 0 Å². The van der Waals surface area contributed by atoms with E-state index in [9.17, 15) is 5.11 Å². The summed E-state index contributed by atoms with van der Waals surface area (Å²) in [6, 6.07) is 9.92. The van der Waals surface area contributed by atoms with Gasteiger partial charge in [-0.15, -0.1) is 0 Å². The minimum Gasteiger partial charge on any atom is -0.393 e. The Kier molecular flexibility index (Phi) is 3.05. The molecule has 0 heterocycles. The predicted molar refractivity (Wildman–Crippen MR) is 56.2 cm³/mol. The Morgan fingerprint density at radius 3 is 2.67 bits per heavy atom. The monoisotopic (exact) mass is 208 g/mol. The van der Waals surface area contributed by atoms with Crippen molar-refractivity contribution in [3.05, 3.63) is 35.9 Å². The molecular weight excluding hydrogens is 192 g/mol. The van der Waals surface area contributed by atoms with E-state index in [1.54, 1.807) is 0 Å². The first-order valence-corrected chi connectivity index (χ1v) is 5.19. The molecule has 0 aromatic heterocycles. The Labute approximate surface area is 89.3 Å². The van der Waals surface area contributed by atoms with Crippen LogP contribution in [0.25, 0.3) is 0 Å². The maximum absolute atomic E-state index is 9.56. The molecule has 1 aliphatic rings. The smallest absolute Gasteiger partial charge is 0.0932 e. The Bertz CT molecular complexity index is 312. The van der Waals surface area contributed by atoms with Gasteiger partial charge in [0.05, 0.1) is 25.4 Å². The van der Waals surface area contributed by atoms with Gasteiger partial charge in [0.2, 0.25) is 0 Å². The maximum Gasteiger partial charge on any atom is 0.0932 e. The summed E-state index contributed by atoms with van der Waals surface area (Å²) in [7, 11) is 0. The van der Waals surface area contributed by atoms with Crippen LogP contribution < -0.4 is 0 Å². The van der Waals surface area contributed by atoms with Crippen molar-refractivity contribution in [3.63, 3.8) is 0 Å². The van der Waals surface area contributed by atoms with Gasteiger partial charge >= 0.3 is 0 Å². The first kappa shape index (κ1) is 10.6. The average molecular weight is 208 g/mol. The van der Waals surface area contributed by atoms with Gasteiger partial charge in [-0.3, -0.25) is 0 Å². The van der Waals surface area contributed by atoms with Gasteiger partial charge in [-0.1, -0.05) is 30.3 Å². The summed E-state index contributed by atoms with van der Waals surface area (Å²) in [6.45, 7) is 0.928. The molecule has 1 aromatic rings. The van der Waals surface area contributed by atoms with Gasteiger partial charge in [-0.05, 0) is 12.0 Å². The number of hydrogen-bond donors (Lipinski definition) is 2. The second-order valence-corrected chi connectivity index (χ2v) is 4.16. The molecule has 1 fully saturated rings. The zero-order chi connectivity index (χ0) is 10.7. The molecule has 3 heteroatoms. The molecule has 0 aliphatic heterocycles. The maximum atomic E-state index is 9.56. The standard InChI is InChI=1S/C12H16O3/c13-9-12(14)6-11(12)8-15-7-10-4-2-1-3-5-10/h1-5,11,13-14H,6-9H2/t11-,12-/m0/s1. The minimum atomic E-state index is -0.864. The molecule has 0 spiro atoms. The van der Waals surface area contributed by atoms with Crippen molar-refractivity contribution in [2.24, 2.45) is 5.92 Å². The number of aliphatic hydroxyl groups excluding tert-OH is 1. The predicted octanol–water partition coefficient (Wildman–Crippen LogP) is 0.946. The van der Waals surface area contributed by atoms with Crippen LogP contribution in [-0.2, 0) is 11.3 Å². The zero-order valence-electron chi connectivity index (χ0n) is 8.60. The van der Waals surface area contributed by atoms with Crippen LogP contribution in [0.4, 0.5) is 0 Å². The van der Waals surface area contributed by atoms with Gasteiger partial charge in [-0.2, -0.15) is 0 Å². The van der Waals surface area contributed by atoms with Crippen molar-refractivity contribution in [2.45, 2.75) is 18.6 Å². The van der Waals surface area contributed by atoms with Crippen LogP contribution in [-0.4, -0.2) is 29.0 Å². The molecule has 0 unspecified atom stereocenters. The molecule has 2 rings (SSSR count). The van der Waals surface area contributed by atoms with Crippen molar-refractivity contribution in [1.82, 2.24) is 0 Å². The molecular formula is C12H16O3.